The molecule has 3 fully saturated rings. The number of benzene rings is 1. The maximum absolute atomic E-state index is 13.3. The first-order valence-electron chi connectivity index (χ1n) is 12.2. The van der Waals surface area contributed by atoms with Gasteiger partial charge in [-0.1, -0.05) is 30.3 Å². The molecule has 32 heavy (non-hydrogen) atoms. The minimum atomic E-state index is 0.0910. The first kappa shape index (κ1) is 21.4. The van der Waals surface area contributed by atoms with E-state index in [1.165, 1.54) is 11.1 Å². The number of hydrogen-bond donors (Lipinski definition) is 2. The first-order chi connectivity index (χ1) is 15.7. The highest BCUT2D eigenvalue weighted by molar-refractivity contribution is 5.79. The molecule has 3 aliphatic rings. The van der Waals surface area contributed by atoms with Crippen LogP contribution in [0.1, 0.15) is 42.7 Å². The monoisotopic (exact) mass is 433 g/mol. The number of aryl methyl sites for hydroxylation is 1. The minimum absolute atomic E-state index is 0.0910. The van der Waals surface area contributed by atoms with E-state index in [4.69, 9.17) is 0 Å². The summed E-state index contributed by atoms with van der Waals surface area (Å²) in [5.74, 6) is 2.51. The van der Waals surface area contributed by atoms with Crippen molar-refractivity contribution in [3.63, 3.8) is 0 Å². The molecule has 4 heterocycles. The standard InChI is InChI=1S/C26H35N5O/c1-19-7-2-3-9-22(19)23-17-28-29-25(23)20-11-15-30(16-12-20)26(32)21-8-6-14-31(18-21)24-10-4-5-13-27-24/h2-5,7,9-10,13,20-21,23,25,28-29H,6,8,11-12,14-18H2,1H3. The number of aromatic nitrogens is 1. The molecular formula is C26H35N5O. The third kappa shape index (κ3) is 4.39. The zero-order valence-electron chi connectivity index (χ0n) is 19.0. The lowest BCUT2D eigenvalue weighted by Gasteiger charge is -2.40. The zero-order valence-corrected chi connectivity index (χ0v) is 19.0. The van der Waals surface area contributed by atoms with Gasteiger partial charge in [0.15, 0.2) is 0 Å². The molecule has 0 saturated carbocycles. The number of nitrogens with one attached hydrogen (secondary N) is 2. The van der Waals surface area contributed by atoms with Crippen molar-refractivity contribution >= 4 is 11.7 Å². The fourth-order valence-corrected chi connectivity index (χ4v) is 5.93. The average Bonchev–Trinajstić information content (AvgIpc) is 3.34. The third-order valence-corrected chi connectivity index (χ3v) is 7.72. The number of hydrazine groups is 1. The van der Waals surface area contributed by atoms with E-state index in [0.717, 1.165) is 64.2 Å². The second kappa shape index (κ2) is 9.59. The van der Waals surface area contributed by atoms with Crippen LogP contribution < -0.4 is 15.8 Å². The molecule has 2 aromatic rings. The Kier molecular flexibility index (Phi) is 6.42. The fourth-order valence-electron chi connectivity index (χ4n) is 5.93. The molecule has 3 aliphatic heterocycles. The van der Waals surface area contributed by atoms with Gasteiger partial charge in [-0.3, -0.25) is 15.6 Å². The van der Waals surface area contributed by atoms with Crippen molar-refractivity contribution in [2.75, 3.05) is 37.6 Å². The van der Waals surface area contributed by atoms with E-state index in [-0.39, 0.29) is 5.92 Å². The molecule has 0 bridgehead atoms. The van der Waals surface area contributed by atoms with Crippen molar-refractivity contribution in [1.29, 1.82) is 0 Å². The highest BCUT2D eigenvalue weighted by Gasteiger charge is 2.38. The molecule has 5 rings (SSSR count). The first-order valence-corrected chi connectivity index (χ1v) is 12.2. The van der Waals surface area contributed by atoms with Crippen molar-refractivity contribution in [2.24, 2.45) is 11.8 Å². The lowest BCUT2D eigenvalue weighted by Crippen LogP contribution is -2.50. The largest absolute Gasteiger partial charge is 0.356 e. The summed E-state index contributed by atoms with van der Waals surface area (Å²) in [6.45, 7) is 6.72. The van der Waals surface area contributed by atoms with Crippen molar-refractivity contribution in [2.45, 2.75) is 44.6 Å². The Labute approximate surface area is 191 Å². The van der Waals surface area contributed by atoms with Crippen LogP contribution in [0.5, 0.6) is 0 Å². The van der Waals surface area contributed by atoms with Crippen molar-refractivity contribution in [3.05, 3.63) is 59.8 Å². The molecule has 3 atom stereocenters. The molecule has 6 nitrogen and oxygen atoms in total. The summed E-state index contributed by atoms with van der Waals surface area (Å²) in [7, 11) is 0. The van der Waals surface area contributed by atoms with E-state index in [1.807, 2.05) is 24.4 Å². The molecule has 0 radical (unpaired) electrons. The van der Waals surface area contributed by atoms with E-state index in [2.05, 4.69) is 56.8 Å². The number of likely N-dealkylation sites (tertiary alicyclic amines) is 1. The number of anilines is 1. The normalized spacial score (nSPS) is 27.0. The predicted molar refractivity (Wildman–Crippen MR) is 127 cm³/mol. The highest BCUT2D eigenvalue weighted by Crippen LogP contribution is 2.34. The van der Waals surface area contributed by atoms with Crippen LogP contribution in [0.3, 0.4) is 0 Å². The Morgan fingerprint density at radius 3 is 2.62 bits per heavy atom. The van der Waals surface area contributed by atoms with E-state index < -0.39 is 0 Å². The SMILES string of the molecule is Cc1ccccc1C1CNNC1C1CCN(C(=O)C2CCCN(c3ccccn3)C2)CC1. The van der Waals surface area contributed by atoms with Crippen LogP contribution in [0, 0.1) is 18.8 Å². The summed E-state index contributed by atoms with van der Waals surface area (Å²) in [6, 6.07) is 15.2. The molecule has 1 aromatic heterocycles. The number of piperidine rings is 2. The third-order valence-electron chi connectivity index (χ3n) is 7.72. The molecule has 6 heteroatoms. The van der Waals surface area contributed by atoms with Crippen molar-refractivity contribution in [1.82, 2.24) is 20.7 Å². The van der Waals surface area contributed by atoms with Gasteiger partial charge in [0, 0.05) is 50.9 Å². The van der Waals surface area contributed by atoms with Gasteiger partial charge >= 0.3 is 0 Å². The average molecular weight is 434 g/mol. The zero-order chi connectivity index (χ0) is 21.9. The fraction of sp³-hybridized carbons (Fsp3) is 0.538. The molecule has 0 spiro atoms. The molecule has 1 amide bonds. The van der Waals surface area contributed by atoms with Gasteiger partial charge in [-0.15, -0.1) is 0 Å². The van der Waals surface area contributed by atoms with Crippen LogP contribution in [-0.2, 0) is 4.79 Å². The summed E-state index contributed by atoms with van der Waals surface area (Å²) in [5.41, 5.74) is 9.80. The van der Waals surface area contributed by atoms with E-state index in [0.29, 0.717) is 23.8 Å². The summed E-state index contributed by atoms with van der Waals surface area (Å²) in [5, 5.41) is 0. The van der Waals surface area contributed by atoms with Crippen molar-refractivity contribution < 1.29 is 4.79 Å². The number of carbonyl (C=O) groups excluding carboxylic acids is 1. The molecule has 170 valence electrons. The summed E-state index contributed by atoms with van der Waals surface area (Å²) in [4.78, 5) is 22.2. The van der Waals surface area contributed by atoms with Crippen LogP contribution in [0.2, 0.25) is 0 Å². The number of nitrogens with zero attached hydrogens (tertiary/aromatic N) is 3. The lowest BCUT2D eigenvalue weighted by atomic mass is 9.79. The number of rotatable bonds is 4. The Hall–Kier alpha value is -2.44. The maximum Gasteiger partial charge on any atom is 0.227 e. The number of hydrogen-bond acceptors (Lipinski definition) is 5. The molecule has 2 N–H and O–H groups in total. The van der Waals surface area contributed by atoms with Crippen LogP contribution in [0.4, 0.5) is 5.82 Å². The topological polar surface area (TPSA) is 60.5 Å². The molecule has 3 saturated heterocycles. The predicted octanol–water partition coefficient (Wildman–Crippen LogP) is 3.11. The number of carbonyl (C=O) groups is 1. The van der Waals surface area contributed by atoms with Gasteiger partial charge in [0.1, 0.15) is 5.82 Å². The summed E-state index contributed by atoms with van der Waals surface area (Å²) >= 11 is 0. The lowest BCUT2D eigenvalue weighted by molar-refractivity contribution is -0.137. The van der Waals surface area contributed by atoms with Crippen molar-refractivity contribution in [3.8, 4) is 0 Å². The minimum Gasteiger partial charge on any atom is -0.356 e. The quantitative estimate of drug-likeness (QED) is 0.776. The summed E-state index contributed by atoms with van der Waals surface area (Å²) < 4.78 is 0. The van der Waals surface area contributed by atoms with Gasteiger partial charge in [-0.05, 0) is 61.8 Å². The maximum atomic E-state index is 13.3. The second-order valence-electron chi connectivity index (χ2n) is 9.65. The highest BCUT2D eigenvalue weighted by atomic mass is 16.2. The molecular weight excluding hydrogens is 398 g/mol. The van der Waals surface area contributed by atoms with Gasteiger partial charge in [0.25, 0.3) is 0 Å². The van der Waals surface area contributed by atoms with Crippen LogP contribution in [-0.4, -0.2) is 54.6 Å². The van der Waals surface area contributed by atoms with E-state index >= 15 is 0 Å². The molecule has 1 aromatic carbocycles. The van der Waals surface area contributed by atoms with E-state index in [9.17, 15) is 4.79 Å². The second-order valence-corrected chi connectivity index (χ2v) is 9.65. The number of amides is 1. The van der Waals surface area contributed by atoms with Crippen LogP contribution >= 0.6 is 0 Å². The van der Waals surface area contributed by atoms with Gasteiger partial charge in [-0.25, -0.2) is 4.98 Å². The Bertz CT molecular complexity index is 911. The van der Waals surface area contributed by atoms with Gasteiger partial charge in [0.05, 0.1) is 5.92 Å². The van der Waals surface area contributed by atoms with Crippen LogP contribution in [0.25, 0.3) is 0 Å². The van der Waals surface area contributed by atoms with Gasteiger partial charge < -0.3 is 9.80 Å². The van der Waals surface area contributed by atoms with Crippen LogP contribution in [0.15, 0.2) is 48.7 Å². The Morgan fingerprint density at radius 2 is 1.84 bits per heavy atom. The molecule has 0 aliphatic carbocycles. The van der Waals surface area contributed by atoms with Gasteiger partial charge in [0.2, 0.25) is 5.91 Å². The smallest absolute Gasteiger partial charge is 0.227 e. The Morgan fingerprint density at radius 1 is 1.03 bits per heavy atom. The Balaban J connectivity index is 1.18. The summed E-state index contributed by atoms with van der Waals surface area (Å²) in [6.07, 6.45) is 6.03. The molecule has 3 unspecified atom stereocenters. The van der Waals surface area contributed by atoms with Gasteiger partial charge in [-0.2, -0.15) is 0 Å². The van der Waals surface area contributed by atoms with E-state index in [1.54, 1.807) is 0 Å². The number of pyridine rings is 1.